The fourth-order valence-corrected chi connectivity index (χ4v) is 2.10. The SMILES string of the molecule is O=C(c1ccco1)N1CCn2c(nnc2C(F)(F)F)C1. The zero-order chi connectivity index (χ0) is 14.3. The van der Waals surface area contributed by atoms with E-state index < -0.39 is 12.0 Å². The van der Waals surface area contributed by atoms with Gasteiger partial charge in [0.25, 0.3) is 5.91 Å². The molecule has 1 aliphatic heterocycles. The number of hydrogen-bond acceptors (Lipinski definition) is 4. The van der Waals surface area contributed by atoms with Gasteiger partial charge in [0.05, 0.1) is 12.8 Å². The fourth-order valence-electron chi connectivity index (χ4n) is 2.10. The zero-order valence-electron chi connectivity index (χ0n) is 10.1. The first kappa shape index (κ1) is 12.7. The lowest BCUT2D eigenvalue weighted by Crippen LogP contribution is -2.39. The molecule has 1 aliphatic rings. The Morgan fingerprint density at radius 3 is 2.75 bits per heavy atom. The summed E-state index contributed by atoms with van der Waals surface area (Å²) in [5.74, 6) is -1.15. The zero-order valence-corrected chi connectivity index (χ0v) is 10.1. The van der Waals surface area contributed by atoms with Crippen LogP contribution >= 0.6 is 0 Å². The summed E-state index contributed by atoms with van der Waals surface area (Å²) in [6, 6.07) is 3.07. The first-order valence-corrected chi connectivity index (χ1v) is 5.79. The lowest BCUT2D eigenvalue weighted by molar-refractivity contribution is -0.147. The number of nitrogens with zero attached hydrogens (tertiary/aromatic N) is 4. The van der Waals surface area contributed by atoms with Gasteiger partial charge >= 0.3 is 6.18 Å². The third kappa shape index (κ3) is 2.04. The van der Waals surface area contributed by atoms with E-state index in [9.17, 15) is 18.0 Å². The smallest absolute Gasteiger partial charge is 0.451 e. The molecule has 3 rings (SSSR count). The summed E-state index contributed by atoms with van der Waals surface area (Å²) < 4.78 is 44.0. The highest BCUT2D eigenvalue weighted by Gasteiger charge is 2.40. The minimum Gasteiger partial charge on any atom is -0.459 e. The number of fused-ring (bicyclic) bond motifs is 1. The van der Waals surface area contributed by atoms with E-state index in [0.717, 1.165) is 4.57 Å². The summed E-state index contributed by atoms with van der Waals surface area (Å²) >= 11 is 0. The van der Waals surface area contributed by atoms with Gasteiger partial charge in [0.2, 0.25) is 5.82 Å². The van der Waals surface area contributed by atoms with Crippen LogP contribution in [0, 0.1) is 0 Å². The van der Waals surface area contributed by atoms with Crippen molar-refractivity contribution in [2.24, 2.45) is 0 Å². The highest BCUT2D eigenvalue weighted by molar-refractivity contribution is 5.91. The van der Waals surface area contributed by atoms with Crippen molar-refractivity contribution in [1.29, 1.82) is 0 Å². The molecule has 2 aromatic rings. The first-order valence-electron chi connectivity index (χ1n) is 5.79. The van der Waals surface area contributed by atoms with Crippen LogP contribution in [0.2, 0.25) is 0 Å². The molecule has 0 N–H and O–H groups in total. The van der Waals surface area contributed by atoms with Crippen LogP contribution < -0.4 is 0 Å². The van der Waals surface area contributed by atoms with Crippen LogP contribution in [0.4, 0.5) is 13.2 Å². The molecule has 9 heteroatoms. The Morgan fingerprint density at radius 2 is 2.10 bits per heavy atom. The van der Waals surface area contributed by atoms with Crippen LogP contribution in [-0.4, -0.2) is 32.1 Å². The van der Waals surface area contributed by atoms with Gasteiger partial charge in [-0.3, -0.25) is 4.79 Å². The lowest BCUT2D eigenvalue weighted by Gasteiger charge is -2.27. The summed E-state index contributed by atoms with van der Waals surface area (Å²) in [5, 5.41) is 6.66. The van der Waals surface area contributed by atoms with Crippen LogP contribution in [0.25, 0.3) is 0 Å². The third-order valence-electron chi connectivity index (χ3n) is 3.03. The Morgan fingerprint density at radius 1 is 1.30 bits per heavy atom. The quantitative estimate of drug-likeness (QED) is 0.797. The van der Waals surface area contributed by atoms with Gasteiger partial charge in [-0.15, -0.1) is 10.2 Å². The van der Waals surface area contributed by atoms with Crippen LogP contribution in [0.3, 0.4) is 0 Å². The van der Waals surface area contributed by atoms with E-state index in [4.69, 9.17) is 4.42 Å². The molecule has 20 heavy (non-hydrogen) atoms. The van der Waals surface area contributed by atoms with Crippen molar-refractivity contribution in [3.05, 3.63) is 35.8 Å². The number of furan rings is 1. The Kier molecular flexibility index (Phi) is 2.77. The van der Waals surface area contributed by atoms with Crippen LogP contribution in [-0.2, 0) is 19.3 Å². The van der Waals surface area contributed by atoms with Gasteiger partial charge in [-0.2, -0.15) is 13.2 Å². The summed E-state index contributed by atoms with van der Waals surface area (Å²) in [6.45, 7) is 0.125. The lowest BCUT2D eigenvalue weighted by atomic mass is 10.3. The summed E-state index contributed by atoms with van der Waals surface area (Å²) in [6.07, 6.45) is -3.18. The number of amides is 1. The molecule has 0 aliphatic carbocycles. The third-order valence-corrected chi connectivity index (χ3v) is 3.03. The molecule has 0 aromatic carbocycles. The van der Waals surface area contributed by atoms with Gasteiger partial charge in [0.15, 0.2) is 11.6 Å². The second-order valence-electron chi connectivity index (χ2n) is 4.29. The van der Waals surface area contributed by atoms with Crippen molar-refractivity contribution in [3.63, 3.8) is 0 Å². The van der Waals surface area contributed by atoms with Crippen molar-refractivity contribution in [1.82, 2.24) is 19.7 Å². The average Bonchev–Trinajstić information content (AvgIpc) is 3.05. The van der Waals surface area contributed by atoms with Crippen molar-refractivity contribution in [3.8, 4) is 0 Å². The standard InChI is InChI=1S/C11H9F3N4O2/c12-11(13,14)10-16-15-8-6-17(3-4-18(8)10)9(19)7-2-1-5-20-7/h1-2,5H,3-4,6H2. The molecular weight excluding hydrogens is 277 g/mol. The number of carbonyl (C=O) groups is 1. The number of halogens is 3. The Hall–Kier alpha value is -2.32. The number of carbonyl (C=O) groups excluding carboxylic acids is 1. The number of rotatable bonds is 1. The van der Waals surface area contributed by atoms with E-state index in [1.165, 1.54) is 17.2 Å². The minimum atomic E-state index is -4.54. The van der Waals surface area contributed by atoms with Crippen molar-refractivity contribution >= 4 is 5.91 Å². The molecule has 3 heterocycles. The molecule has 106 valence electrons. The van der Waals surface area contributed by atoms with Gasteiger partial charge in [-0.25, -0.2) is 0 Å². The molecule has 6 nitrogen and oxygen atoms in total. The molecule has 0 spiro atoms. The summed E-state index contributed by atoms with van der Waals surface area (Å²) in [5.41, 5.74) is 0. The predicted octanol–water partition coefficient (Wildman–Crippen LogP) is 1.55. The van der Waals surface area contributed by atoms with Gasteiger partial charge in [-0.05, 0) is 12.1 Å². The second kappa shape index (κ2) is 4.36. The topological polar surface area (TPSA) is 64.2 Å². The van der Waals surface area contributed by atoms with E-state index in [0.29, 0.717) is 0 Å². The number of hydrogen-bond donors (Lipinski definition) is 0. The predicted molar refractivity (Wildman–Crippen MR) is 58.5 cm³/mol. The number of aromatic nitrogens is 3. The molecule has 0 fully saturated rings. The molecular formula is C11H9F3N4O2. The largest absolute Gasteiger partial charge is 0.459 e. The van der Waals surface area contributed by atoms with E-state index in [1.54, 1.807) is 6.07 Å². The summed E-state index contributed by atoms with van der Waals surface area (Å²) in [7, 11) is 0. The van der Waals surface area contributed by atoms with Crippen molar-refractivity contribution < 1.29 is 22.4 Å². The maximum Gasteiger partial charge on any atom is 0.451 e. The molecule has 0 unspecified atom stereocenters. The fraction of sp³-hybridized carbons (Fsp3) is 0.364. The Bertz CT molecular complexity index is 633. The Balaban J connectivity index is 1.83. The van der Waals surface area contributed by atoms with E-state index in [-0.39, 0.29) is 37.1 Å². The molecule has 1 amide bonds. The first-order chi connectivity index (χ1) is 9.47. The molecule has 0 atom stereocenters. The van der Waals surface area contributed by atoms with Gasteiger partial charge in [0, 0.05) is 13.1 Å². The van der Waals surface area contributed by atoms with E-state index >= 15 is 0 Å². The molecule has 0 saturated heterocycles. The van der Waals surface area contributed by atoms with Gasteiger partial charge < -0.3 is 13.9 Å². The Labute approximate surface area is 110 Å². The van der Waals surface area contributed by atoms with Gasteiger partial charge in [0.1, 0.15) is 0 Å². The van der Waals surface area contributed by atoms with E-state index in [1.807, 2.05) is 0 Å². The van der Waals surface area contributed by atoms with Crippen LogP contribution in [0.15, 0.2) is 22.8 Å². The number of alkyl halides is 3. The normalized spacial score (nSPS) is 15.2. The van der Waals surface area contributed by atoms with E-state index in [2.05, 4.69) is 10.2 Å². The highest BCUT2D eigenvalue weighted by atomic mass is 19.4. The molecule has 0 bridgehead atoms. The molecule has 0 saturated carbocycles. The second-order valence-corrected chi connectivity index (χ2v) is 4.29. The summed E-state index contributed by atoms with van der Waals surface area (Å²) in [4.78, 5) is 13.4. The van der Waals surface area contributed by atoms with Crippen molar-refractivity contribution in [2.45, 2.75) is 19.3 Å². The van der Waals surface area contributed by atoms with Crippen LogP contribution in [0.1, 0.15) is 22.2 Å². The average molecular weight is 286 g/mol. The molecule has 0 radical (unpaired) electrons. The maximum absolute atomic E-state index is 12.7. The monoisotopic (exact) mass is 286 g/mol. The van der Waals surface area contributed by atoms with Crippen molar-refractivity contribution in [2.75, 3.05) is 6.54 Å². The molecule has 2 aromatic heterocycles. The maximum atomic E-state index is 12.7. The highest BCUT2D eigenvalue weighted by Crippen LogP contribution is 2.29. The van der Waals surface area contributed by atoms with Crippen LogP contribution in [0.5, 0.6) is 0 Å². The van der Waals surface area contributed by atoms with Gasteiger partial charge in [-0.1, -0.05) is 0 Å². The minimum absolute atomic E-state index is 0.00360.